The van der Waals surface area contributed by atoms with Gasteiger partial charge < -0.3 is 50.2 Å². The summed E-state index contributed by atoms with van der Waals surface area (Å²) in [5.41, 5.74) is -4.65. The molecule has 2 aromatic rings. The molecule has 2 aromatic carbocycles. The Labute approximate surface area is 337 Å². The predicted molar refractivity (Wildman–Crippen MR) is 216 cm³/mol. The first kappa shape index (κ1) is 44.8. The molecule has 314 valence electrons. The van der Waals surface area contributed by atoms with Crippen molar-refractivity contribution < 1.29 is 59.2 Å². The maximum atomic E-state index is 14.0. The van der Waals surface area contributed by atoms with Crippen LogP contribution in [0.3, 0.4) is 0 Å². The number of hydrogen-bond acceptors (Lipinski definition) is 14. The van der Waals surface area contributed by atoms with Crippen molar-refractivity contribution in [3.63, 3.8) is 0 Å². The van der Waals surface area contributed by atoms with Gasteiger partial charge in [-0.3, -0.25) is 14.4 Å². The number of methoxy groups -OCH3 is 1. The number of nitrogens with zero attached hydrogens (tertiary/aromatic N) is 1. The summed E-state index contributed by atoms with van der Waals surface area (Å²) in [6.07, 6.45) is -3.16. The van der Waals surface area contributed by atoms with E-state index in [1.54, 1.807) is 13.8 Å². The number of carbonyl (C=O) groups is 3. The molecule has 2 aliphatic carbocycles. The molecule has 8 atom stereocenters. The molecule has 1 fully saturated rings. The second-order valence-corrected chi connectivity index (χ2v) is 18.8. The SMILES string of the molecule is CCC(C)(CNCC(C)O)CC(C)(C)C(=O)S(=P)N/N=C(\CO)[C@]1(O)Cc2c(O)c3c(c(O)c2[C@@H](OC2CCC(O)C(C)O2)C1)C(=O)c1c(OC)cccc1C3=O. The largest absolute Gasteiger partial charge is 0.507 e. The molecular formula is C40H56N3O12PS. The molecule has 0 radical (unpaired) electrons. The molecule has 0 spiro atoms. The number of phenolic OH excluding ortho intramolecular Hbond substituents is 2. The number of phenols is 2. The molecule has 0 amide bonds. The van der Waals surface area contributed by atoms with Crippen LogP contribution in [0.4, 0.5) is 0 Å². The smallest absolute Gasteiger partial charge is 0.212 e. The van der Waals surface area contributed by atoms with Crippen molar-refractivity contribution in [3.05, 3.63) is 51.6 Å². The first-order chi connectivity index (χ1) is 26.7. The number of ether oxygens (including phenoxy) is 3. The number of ketones is 2. The number of benzene rings is 2. The van der Waals surface area contributed by atoms with Gasteiger partial charge >= 0.3 is 0 Å². The number of rotatable bonds is 15. The van der Waals surface area contributed by atoms with Crippen molar-refractivity contribution >= 4 is 40.7 Å². The Kier molecular flexibility index (Phi) is 13.8. The Balaban J connectivity index is 1.51. The molecule has 1 aliphatic heterocycles. The summed E-state index contributed by atoms with van der Waals surface area (Å²) in [5, 5.41) is 74.2. The van der Waals surface area contributed by atoms with Gasteiger partial charge in [-0.15, -0.1) is 0 Å². The fourth-order valence-electron chi connectivity index (χ4n) is 8.22. The van der Waals surface area contributed by atoms with Gasteiger partial charge in [-0.1, -0.05) is 47.8 Å². The number of aromatic hydroxyl groups is 2. The summed E-state index contributed by atoms with van der Waals surface area (Å²) in [5.74, 6) is -2.69. The van der Waals surface area contributed by atoms with Crippen LogP contribution in [0, 0.1) is 10.8 Å². The molecule has 17 heteroatoms. The fraction of sp³-hybridized carbons (Fsp3) is 0.600. The van der Waals surface area contributed by atoms with E-state index in [1.165, 1.54) is 25.3 Å². The third-order valence-electron chi connectivity index (χ3n) is 11.4. The van der Waals surface area contributed by atoms with Crippen molar-refractivity contribution in [1.29, 1.82) is 0 Å². The van der Waals surface area contributed by atoms with Crippen LogP contribution >= 0.6 is 8.02 Å². The standard InChI is InChI=1S/C40H56N3O12PS/c1-8-39(6,19-41-16-20(2)45)18-38(4,5)37(51)57(56)43-42-27(17-44)40(52)14-23-30(26(15-40)55-28-13-12-24(46)21(3)54-28)36(50)32-31(34(23)48)33(47)22-10-9-11-25(53-7)29(22)35(32)49/h9-11,20-21,24,26,28,41,43-46,48,50,52,56H,8,12-19H2,1-7H3/b42-27+/t20?,21?,24?,26-,28?,39?,40-,57?/m0/s1. The van der Waals surface area contributed by atoms with Crippen molar-refractivity contribution in [2.24, 2.45) is 15.9 Å². The van der Waals surface area contributed by atoms with E-state index in [2.05, 4.69) is 30.2 Å². The summed E-state index contributed by atoms with van der Waals surface area (Å²) in [6, 6.07) is 4.44. The molecule has 0 bridgehead atoms. The van der Waals surface area contributed by atoms with E-state index in [0.717, 1.165) is 6.42 Å². The molecular weight excluding hydrogens is 777 g/mol. The summed E-state index contributed by atoms with van der Waals surface area (Å²) in [4.78, 5) is 44.6. The lowest BCUT2D eigenvalue weighted by Crippen LogP contribution is -2.49. The van der Waals surface area contributed by atoms with E-state index in [0.29, 0.717) is 25.9 Å². The maximum absolute atomic E-state index is 14.0. The lowest BCUT2D eigenvalue weighted by Gasteiger charge is -2.42. The Hall–Kier alpha value is -3.31. The lowest BCUT2D eigenvalue weighted by molar-refractivity contribution is -0.241. The Morgan fingerprint density at radius 1 is 1.14 bits per heavy atom. The fourth-order valence-corrected chi connectivity index (χ4v) is 10.1. The molecule has 0 saturated carbocycles. The van der Waals surface area contributed by atoms with Crippen LogP contribution in [0.2, 0.25) is 0 Å². The zero-order chi connectivity index (χ0) is 42.2. The highest BCUT2D eigenvalue weighted by molar-refractivity contribution is 8.25. The van der Waals surface area contributed by atoms with Gasteiger partial charge in [0, 0.05) is 64.7 Å². The van der Waals surface area contributed by atoms with Crippen LogP contribution in [0.1, 0.15) is 123 Å². The Bertz CT molecular complexity index is 1960. The Morgan fingerprint density at radius 2 is 1.82 bits per heavy atom. The van der Waals surface area contributed by atoms with Gasteiger partial charge in [-0.25, -0.2) is 4.83 Å². The van der Waals surface area contributed by atoms with E-state index >= 15 is 0 Å². The van der Waals surface area contributed by atoms with Gasteiger partial charge in [-0.2, -0.15) is 5.10 Å². The summed E-state index contributed by atoms with van der Waals surface area (Å²) >= 11 is 0. The molecule has 3 aliphatic rings. The first-order valence-corrected chi connectivity index (χ1v) is 21.6. The van der Waals surface area contributed by atoms with Crippen LogP contribution in [0.15, 0.2) is 23.3 Å². The molecule has 0 aromatic heterocycles. The van der Waals surface area contributed by atoms with E-state index in [4.69, 9.17) is 14.2 Å². The average molecular weight is 834 g/mol. The third kappa shape index (κ3) is 8.99. The van der Waals surface area contributed by atoms with E-state index in [-0.39, 0.29) is 57.1 Å². The molecule has 1 heterocycles. The van der Waals surface area contributed by atoms with E-state index in [1.807, 2.05) is 20.8 Å². The normalized spacial score (nSPS) is 25.8. The number of aliphatic hydroxyl groups is 4. The number of carbonyl (C=O) groups excluding carboxylic acids is 3. The van der Waals surface area contributed by atoms with Gasteiger partial charge in [0.2, 0.25) is 10.9 Å². The molecule has 1 saturated heterocycles. The van der Waals surface area contributed by atoms with Gasteiger partial charge in [0.05, 0.1) is 60.5 Å². The van der Waals surface area contributed by atoms with Gasteiger partial charge in [-0.05, 0) is 44.6 Å². The highest BCUT2D eigenvalue weighted by atomic mass is 32.5. The minimum Gasteiger partial charge on any atom is -0.507 e. The third-order valence-corrected chi connectivity index (χ3v) is 13.4. The van der Waals surface area contributed by atoms with Gasteiger partial charge in [0.1, 0.15) is 22.8 Å². The molecule has 6 unspecified atom stereocenters. The number of hydrazone groups is 1. The van der Waals surface area contributed by atoms with Crippen molar-refractivity contribution in [2.45, 2.75) is 116 Å². The molecule has 5 rings (SSSR count). The van der Waals surface area contributed by atoms with Crippen molar-refractivity contribution in [1.82, 2.24) is 10.1 Å². The van der Waals surface area contributed by atoms with Crippen molar-refractivity contribution in [2.75, 3.05) is 26.8 Å². The van der Waals surface area contributed by atoms with Crippen LogP contribution in [-0.4, -0.2) is 110 Å². The second-order valence-electron chi connectivity index (χ2n) is 16.4. The van der Waals surface area contributed by atoms with Crippen LogP contribution in [0.5, 0.6) is 17.2 Å². The zero-order valence-corrected chi connectivity index (χ0v) is 35.3. The first-order valence-electron chi connectivity index (χ1n) is 19.1. The van der Waals surface area contributed by atoms with E-state index in [9.17, 15) is 45.0 Å². The Morgan fingerprint density at radius 3 is 2.44 bits per heavy atom. The summed E-state index contributed by atoms with van der Waals surface area (Å²) < 4.78 is 17.6. The number of hydrogen-bond donors (Lipinski definition) is 8. The highest BCUT2D eigenvalue weighted by Crippen LogP contribution is 2.52. The zero-order valence-electron chi connectivity index (χ0n) is 33.5. The molecule has 57 heavy (non-hydrogen) atoms. The minimum absolute atomic E-state index is 0.0441. The number of fused-ring (bicyclic) bond motifs is 3. The molecule has 8 N–H and O–H groups in total. The van der Waals surface area contributed by atoms with E-state index < -0.39 is 99.2 Å². The minimum atomic E-state index is -2.09. The lowest BCUT2D eigenvalue weighted by atomic mass is 9.71. The maximum Gasteiger partial charge on any atom is 0.212 e. The molecule has 15 nitrogen and oxygen atoms in total. The second kappa shape index (κ2) is 17.5. The summed E-state index contributed by atoms with van der Waals surface area (Å²) in [6.45, 7) is 11.3. The van der Waals surface area contributed by atoms with Crippen molar-refractivity contribution in [3.8, 4) is 17.2 Å². The average Bonchev–Trinajstić information content (AvgIpc) is 3.15. The monoisotopic (exact) mass is 833 g/mol. The topological polar surface area (TPSA) is 237 Å². The van der Waals surface area contributed by atoms with Crippen LogP contribution in [0.25, 0.3) is 0 Å². The number of nitrogens with one attached hydrogen (secondary N) is 2. The number of aliphatic hydroxyl groups excluding tert-OH is 3. The summed E-state index contributed by atoms with van der Waals surface area (Å²) in [7, 11) is 3.43. The quantitative estimate of drug-likeness (QED) is 0.0475. The van der Waals surface area contributed by atoms with Gasteiger partial charge in [0.25, 0.3) is 0 Å². The van der Waals surface area contributed by atoms with Gasteiger partial charge in [0.15, 0.2) is 12.1 Å². The van der Waals surface area contributed by atoms with Crippen LogP contribution < -0.4 is 14.9 Å². The predicted octanol–water partition coefficient (Wildman–Crippen LogP) is 3.36. The highest BCUT2D eigenvalue weighted by Gasteiger charge is 2.49. The van der Waals surface area contributed by atoms with Crippen LogP contribution in [-0.2, 0) is 30.9 Å².